The quantitative estimate of drug-likeness (QED) is 0.868. The van der Waals surface area contributed by atoms with Gasteiger partial charge in [-0.1, -0.05) is 25.0 Å². The molecule has 0 radical (unpaired) electrons. The van der Waals surface area contributed by atoms with Crippen molar-refractivity contribution in [2.24, 2.45) is 11.7 Å². The second-order valence-corrected chi connectivity index (χ2v) is 5.52. The van der Waals surface area contributed by atoms with E-state index in [1.54, 1.807) is 7.11 Å². The SMILES string of the molecule is COc1cccc2c1C(CC1CC1)C(N)CC2. The number of aryl methyl sites for hydroxylation is 1. The molecule has 3 rings (SSSR count). The molecule has 0 amide bonds. The van der Waals surface area contributed by atoms with E-state index in [0.29, 0.717) is 12.0 Å². The van der Waals surface area contributed by atoms with E-state index in [-0.39, 0.29) is 0 Å². The van der Waals surface area contributed by atoms with Gasteiger partial charge >= 0.3 is 0 Å². The molecule has 0 bridgehead atoms. The molecule has 2 aliphatic rings. The van der Waals surface area contributed by atoms with Crippen LogP contribution in [0, 0.1) is 5.92 Å². The van der Waals surface area contributed by atoms with Crippen molar-refractivity contribution in [2.45, 2.75) is 44.1 Å². The summed E-state index contributed by atoms with van der Waals surface area (Å²) >= 11 is 0. The van der Waals surface area contributed by atoms with Crippen LogP contribution in [0.25, 0.3) is 0 Å². The lowest BCUT2D eigenvalue weighted by atomic mass is 9.76. The average Bonchev–Trinajstić information content (AvgIpc) is 3.16. The first-order valence-electron chi connectivity index (χ1n) is 6.71. The number of hydrogen-bond acceptors (Lipinski definition) is 2. The lowest BCUT2D eigenvalue weighted by Gasteiger charge is -2.32. The Balaban J connectivity index is 1.98. The monoisotopic (exact) mass is 231 g/mol. The van der Waals surface area contributed by atoms with Gasteiger partial charge in [0.15, 0.2) is 0 Å². The molecule has 1 aromatic carbocycles. The van der Waals surface area contributed by atoms with Gasteiger partial charge in [-0.3, -0.25) is 0 Å². The first-order valence-corrected chi connectivity index (χ1v) is 6.71. The van der Waals surface area contributed by atoms with Crippen molar-refractivity contribution in [1.29, 1.82) is 0 Å². The maximum Gasteiger partial charge on any atom is 0.122 e. The van der Waals surface area contributed by atoms with Crippen LogP contribution in [0.1, 0.15) is 42.7 Å². The first-order chi connectivity index (χ1) is 8.29. The summed E-state index contributed by atoms with van der Waals surface area (Å²) in [6.45, 7) is 0. The summed E-state index contributed by atoms with van der Waals surface area (Å²) in [4.78, 5) is 0. The maximum absolute atomic E-state index is 6.34. The third kappa shape index (κ3) is 2.06. The van der Waals surface area contributed by atoms with Gasteiger partial charge in [-0.25, -0.2) is 0 Å². The first kappa shape index (κ1) is 11.1. The average molecular weight is 231 g/mol. The molecule has 0 aliphatic heterocycles. The highest BCUT2D eigenvalue weighted by molar-refractivity contribution is 5.45. The molecule has 2 unspecified atom stereocenters. The lowest BCUT2D eigenvalue weighted by Crippen LogP contribution is -2.33. The molecule has 0 heterocycles. The van der Waals surface area contributed by atoms with Crippen molar-refractivity contribution in [3.05, 3.63) is 29.3 Å². The Hall–Kier alpha value is -1.02. The van der Waals surface area contributed by atoms with Crippen molar-refractivity contribution in [3.8, 4) is 5.75 Å². The third-order valence-corrected chi connectivity index (χ3v) is 4.30. The van der Waals surface area contributed by atoms with E-state index in [4.69, 9.17) is 10.5 Å². The molecular formula is C15H21NO. The number of benzene rings is 1. The summed E-state index contributed by atoms with van der Waals surface area (Å²) in [7, 11) is 1.77. The highest BCUT2D eigenvalue weighted by Crippen LogP contribution is 2.45. The van der Waals surface area contributed by atoms with Gasteiger partial charge in [0.1, 0.15) is 5.75 Å². The molecule has 2 aliphatic carbocycles. The molecule has 2 nitrogen and oxygen atoms in total. The zero-order chi connectivity index (χ0) is 11.8. The molecule has 17 heavy (non-hydrogen) atoms. The number of rotatable bonds is 3. The Bertz CT molecular complexity index is 397. The van der Waals surface area contributed by atoms with Crippen LogP contribution in [0.15, 0.2) is 18.2 Å². The highest BCUT2D eigenvalue weighted by Gasteiger charge is 2.34. The predicted molar refractivity (Wildman–Crippen MR) is 69.4 cm³/mol. The van der Waals surface area contributed by atoms with Crippen molar-refractivity contribution in [2.75, 3.05) is 7.11 Å². The van der Waals surface area contributed by atoms with Gasteiger partial charge in [-0.15, -0.1) is 0 Å². The van der Waals surface area contributed by atoms with Crippen molar-refractivity contribution in [3.63, 3.8) is 0 Å². The van der Waals surface area contributed by atoms with Gasteiger partial charge in [-0.05, 0) is 36.8 Å². The van der Waals surface area contributed by atoms with Crippen molar-refractivity contribution < 1.29 is 4.74 Å². The molecule has 1 saturated carbocycles. The van der Waals surface area contributed by atoms with E-state index in [1.165, 1.54) is 30.4 Å². The number of hydrogen-bond donors (Lipinski definition) is 1. The fourth-order valence-corrected chi connectivity index (χ4v) is 3.15. The van der Waals surface area contributed by atoms with Crippen LogP contribution >= 0.6 is 0 Å². The van der Waals surface area contributed by atoms with Gasteiger partial charge in [0.25, 0.3) is 0 Å². The number of methoxy groups -OCH3 is 1. The Morgan fingerprint density at radius 2 is 2.12 bits per heavy atom. The highest BCUT2D eigenvalue weighted by atomic mass is 16.5. The number of fused-ring (bicyclic) bond motifs is 1. The fourth-order valence-electron chi connectivity index (χ4n) is 3.15. The van der Waals surface area contributed by atoms with Gasteiger partial charge in [0.05, 0.1) is 7.11 Å². The van der Waals surface area contributed by atoms with E-state index in [2.05, 4.69) is 18.2 Å². The largest absolute Gasteiger partial charge is 0.496 e. The molecule has 1 aromatic rings. The number of ether oxygens (including phenoxy) is 1. The van der Waals surface area contributed by atoms with Crippen LogP contribution < -0.4 is 10.5 Å². The van der Waals surface area contributed by atoms with E-state index >= 15 is 0 Å². The van der Waals surface area contributed by atoms with E-state index < -0.39 is 0 Å². The van der Waals surface area contributed by atoms with Crippen LogP contribution in [0.4, 0.5) is 0 Å². The number of nitrogens with two attached hydrogens (primary N) is 1. The second kappa shape index (κ2) is 4.34. The molecule has 0 aromatic heterocycles. The van der Waals surface area contributed by atoms with E-state index in [9.17, 15) is 0 Å². The smallest absolute Gasteiger partial charge is 0.122 e. The summed E-state index contributed by atoms with van der Waals surface area (Å²) in [6, 6.07) is 6.74. The predicted octanol–water partition coefficient (Wildman–Crippen LogP) is 2.85. The van der Waals surface area contributed by atoms with Gasteiger partial charge in [-0.2, -0.15) is 0 Å². The third-order valence-electron chi connectivity index (χ3n) is 4.30. The van der Waals surface area contributed by atoms with Gasteiger partial charge < -0.3 is 10.5 Å². The summed E-state index contributed by atoms with van der Waals surface area (Å²) in [5.74, 6) is 2.48. The normalized spacial score (nSPS) is 27.6. The maximum atomic E-state index is 6.34. The zero-order valence-electron chi connectivity index (χ0n) is 10.5. The van der Waals surface area contributed by atoms with E-state index in [1.807, 2.05) is 0 Å². The van der Waals surface area contributed by atoms with E-state index in [0.717, 1.165) is 24.5 Å². The zero-order valence-corrected chi connectivity index (χ0v) is 10.5. The fraction of sp³-hybridized carbons (Fsp3) is 0.600. The minimum absolute atomic E-state index is 0.319. The Morgan fingerprint density at radius 3 is 2.82 bits per heavy atom. The summed E-state index contributed by atoms with van der Waals surface area (Å²) in [6.07, 6.45) is 6.28. The Labute approximate surface area is 103 Å². The summed E-state index contributed by atoms with van der Waals surface area (Å²) in [5, 5.41) is 0. The Kier molecular flexibility index (Phi) is 2.83. The lowest BCUT2D eigenvalue weighted by molar-refractivity contribution is 0.375. The van der Waals surface area contributed by atoms with Gasteiger partial charge in [0, 0.05) is 17.5 Å². The summed E-state index contributed by atoms with van der Waals surface area (Å²) in [5.41, 5.74) is 9.20. The minimum Gasteiger partial charge on any atom is -0.496 e. The van der Waals surface area contributed by atoms with Crippen LogP contribution in [0.5, 0.6) is 5.75 Å². The van der Waals surface area contributed by atoms with Crippen LogP contribution in [0.3, 0.4) is 0 Å². The molecule has 1 fully saturated rings. The molecule has 2 atom stereocenters. The standard InChI is InChI=1S/C15H21NO/c1-17-14-4-2-3-11-7-8-13(16)12(15(11)14)9-10-5-6-10/h2-4,10,12-13H,5-9,16H2,1H3. The van der Waals surface area contributed by atoms with Crippen LogP contribution in [-0.2, 0) is 6.42 Å². The van der Waals surface area contributed by atoms with Crippen LogP contribution in [0.2, 0.25) is 0 Å². The molecule has 0 saturated heterocycles. The molecule has 92 valence electrons. The van der Waals surface area contributed by atoms with Crippen LogP contribution in [-0.4, -0.2) is 13.2 Å². The topological polar surface area (TPSA) is 35.2 Å². The van der Waals surface area contributed by atoms with Crippen molar-refractivity contribution in [1.82, 2.24) is 0 Å². The molecule has 2 heteroatoms. The Morgan fingerprint density at radius 1 is 1.29 bits per heavy atom. The van der Waals surface area contributed by atoms with Gasteiger partial charge in [0.2, 0.25) is 0 Å². The molecule has 0 spiro atoms. The molecular weight excluding hydrogens is 210 g/mol. The minimum atomic E-state index is 0.319. The molecule has 2 N–H and O–H groups in total. The van der Waals surface area contributed by atoms with Crippen molar-refractivity contribution >= 4 is 0 Å². The second-order valence-electron chi connectivity index (χ2n) is 5.52. The summed E-state index contributed by atoms with van der Waals surface area (Å²) < 4.78 is 5.54.